The number of aromatic amines is 1. The molecule has 0 aliphatic carbocycles. The standard InChI is InChI=1S/C17H13F3N4S/c1-11-6-8-12(9-7-11)15-22-23-16(25)24(15)21-10-13-4-2-3-5-14(13)17(18,19)20/h2-10H,1H3,(H,23,25). The molecule has 1 heterocycles. The minimum absolute atomic E-state index is 0.0482. The average Bonchev–Trinajstić information content (AvgIpc) is 2.94. The molecule has 0 atom stereocenters. The van der Waals surface area contributed by atoms with E-state index in [2.05, 4.69) is 15.3 Å². The zero-order chi connectivity index (χ0) is 18.0. The Bertz CT molecular complexity index is 969. The zero-order valence-electron chi connectivity index (χ0n) is 13.1. The summed E-state index contributed by atoms with van der Waals surface area (Å²) in [6, 6.07) is 12.7. The molecule has 0 fully saturated rings. The molecule has 3 rings (SSSR count). The van der Waals surface area contributed by atoms with Crippen LogP contribution in [0.4, 0.5) is 13.2 Å². The summed E-state index contributed by atoms with van der Waals surface area (Å²) in [5, 5.41) is 10.8. The van der Waals surface area contributed by atoms with Crippen LogP contribution >= 0.6 is 12.2 Å². The van der Waals surface area contributed by atoms with E-state index >= 15 is 0 Å². The lowest BCUT2D eigenvalue weighted by Gasteiger charge is -2.09. The summed E-state index contributed by atoms with van der Waals surface area (Å²) in [4.78, 5) is 0. The molecule has 0 unspecified atom stereocenters. The lowest BCUT2D eigenvalue weighted by atomic mass is 10.1. The summed E-state index contributed by atoms with van der Waals surface area (Å²) in [5.74, 6) is 0.422. The second kappa shape index (κ2) is 6.64. The summed E-state index contributed by atoms with van der Waals surface area (Å²) in [6.07, 6.45) is -3.33. The molecule has 4 nitrogen and oxygen atoms in total. The van der Waals surface area contributed by atoms with Gasteiger partial charge in [-0.25, -0.2) is 5.10 Å². The van der Waals surface area contributed by atoms with Crippen molar-refractivity contribution in [2.24, 2.45) is 5.10 Å². The number of benzene rings is 2. The third-order valence-corrected chi connectivity index (χ3v) is 3.80. The number of nitrogens with one attached hydrogen (secondary N) is 1. The SMILES string of the molecule is Cc1ccc(-c2n[nH]c(=S)n2N=Cc2ccccc2C(F)(F)F)cc1. The van der Waals surface area contributed by atoms with Crippen molar-refractivity contribution < 1.29 is 13.2 Å². The molecule has 0 saturated heterocycles. The molecule has 0 radical (unpaired) electrons. The van der Waals surface area contributed by atoms with Gasteiger partial charge in [-0.3, -0.25) is 0 Å². The van der Waals surface area contributed by atoms with Gasteiger partial charge in [0.1, 0.15) is 0 Å². The number of hydrogen-bond acceptors (Lipinski definition) is 3. The van der Waals surface area contributed by atoms with E-state index in [0.29, 0.717) is 5.82 Å². The first kappa shape index (κ1) is 17.1. The molecule has 0 spiro atoms. The van der Waals surface area contributed by atoms with Crippen molar-refractivity contribution in [1.82, 2.24) is 14.9 Å². The van der Waals surface area contributed by atoms with Crippen LogP contribution in [0.2, 0.25) is 0 Å². The molecule has 0 aliphatic rings. The maximum absolute atomic E-state index is 13.1. The molecule has 8 heteroatoms. The molecule has 0 aliphatic heterocycles. The Morgan fingerprint density at radius 2 is 1.80 bits per heavy atom. The molecule has 0 saturated carbocycles. The lowest BCUT2D eigenvalue weighted by Crippen LogP contribution is -2.09. The van der Waals surface area contributed by atoms with Crippen LogP contribution in [0.5, 0.6) is 0 Å². The quantitative estimate of drug-likeness (QED) is 0.536. The Labute approximate surface area is 146 Å². The number of alkyl halides is 3. The van der Waals surface area contributed by atoms with Crippen LogP contribution in [0.1, 0.15) is 16.7 Å². The van der Waals surface area contributed by atoms with Gasteiger partial charge in [0.05, 0.1) is 11.8 Å². The Morgan fingerprint density at radius 3 is 2.48 bits per heavy atom. The predicted octanol–water partition coefficient (Wildman–Crippen LogP) is 4.82. The fourth-order valence-electron chi connectivity index (χ4n) is 2.28. The van der Waals surface area contributed by atoms with E-state index in [1.54, 1.807) is 0 Å². The number of aryl methyl sites for hydroxylation is 1. The van der Waals surface area contributed by atoms with E-state index < -0.39 is 11.7 Å². The zero-order valence-corrected chi connectivity index (χ0v) is 13.9. The Balaban J connectivity index is 2.03. The van der Waals surface area contributed by atoms with Gasteiger partial charge in [-0.1, -0.05) is 48.0 Å². The normalized spacial score (nSPS) is 12.0. The van der Waals surface area contributed by atoms with Crippen LogP contribution < -0.4 is 0 Å². The van der Waals surface area contributed by atoms with Gasteiger partial charge in [0.25, 0.3) is 0 Å². The number of rotatable bonds is 3. The fraction of sp³-hybridized carbons (Fsp3) is 0.118. The molecule has 0 amide bonds. The molecule has 2 aromatic carbocycles. The van der Waals surface area contributed by atoms with Crippen molar-refractivity contribution >= 4 is 18.4 Å². The third kappa shape index (κ3) is 3.69. The predicted molar refractivity (Wildman–Crippen MR) is 92.0 cm³/mol. The monoisotopic (exact) mass is 362 g/mol. The Morgan fingerprint density at radius 1 is 1.12 bits per heavy atom. The number of nitrogens with zero attached hydrogens (tertiary/aromatic N) is 3. The second-order valence-electron chi connectivity index (χ2n) is 5.36. The van der Waals surface area contributed by atoms with Crippen molar-refractivity contribution in [3.8, 4) is 11.4 Å². The van der Waals surface area contributed by atoms with E-state index in [0.717, 1.165) is 23.4 Å². The summed E-state index contributed by atoms with van der Waals surface area (Å²) in [7, 11) is 0. The summed E-state index contributed by atoms with van der Waals surface area (Å²) in [6.45, 7) is 1.95. The smallest absolute Gasteiger partial charge is 0.250 e. The highest BCUT2D eigenvalue weighted by Crippen LogP contribution is 2.31. The first-order valence-corrected chi connectivity index (χ1v) is 7.72. The number of H-pyrrole nitrogens is 1. The van der Waals surface area contributed by atoms with Gasteiger partial charge in [0, 0.05) is 11.1 Å². The van der Waals surface area contributed by atoms with E-state index in [1.165, 1.54) is 22.9 Å². The van der Waals surface area contributed by atoms with Crippen LogP contribution in [0, 0.1) is 11.7 Å². The first-order valence-electron chi connectivity index (χ1n) is 7.31. The molecule has 1 aromatic heterocycles. The number of hydrogen-bond donors (Lipinski definition) is 1. The molecular formula is C17H13F3N4S. The topological polar surface area (TPSA) is 46.0 Å². The fourth-order valence-corrected chi connectivity index (χ4v) is 2.46. The first-order chi connectivity index (χ1) is 11.9. The van der Waals surface area contributed by atoms with Crippen molar-refractivity contribution in [3.63, 3.8) is 0 Å². The Kier molecular flexibility index (Phi) is 4.54. The molecule has 3 aromatic rings. The highest BCUT2D eigenvalue weighted by atomic mass is 32.1. The van der Waals surface area contributed by atoms with Crippen LogP contribution in [-0.4, -0.2) is 21.1 Å². The highest BCUT2D eigenvalue weighted by molar-refractivity contribution is 7.71. The average molecular weight is 362 g/mol. The second-order valence-corrected chi connectivity index (χ2v) is 5.75. The van der Waals surface area contributed by atoms with Gasteiger partial charge in [-0.2, -0.15) is 28.0 Å². The van der Waals surface area contributed by atoms with Crippen molar-refractivity contribution in [3.05, 3.63) is 70.0 Å². The van der Waals surface area contributed by atoms with E-state index in [-0.39, 0.29) is 10.3 Å². The largest absolute Gasteiger partial charge is 0.417 e. The molecule has 128 valence electrons. The van der Waals surface area contributed by atoms with Gasteiger partial charge in [-0.05, 0) is 25.2 Å². The van der Waals surface area contributed by atoms with E-state index in [1.807, 2.05) is 31.2 Å². The summed E-state index contributed by atoms with van der Waals surface area (Å²) >= 11 is 5.13. The van der Waals surface area contributed by atoms with Crippen LogP contribution in [-0.2, 0) is 6.18 Å². The maximum Gasteiger partial charge on any atom is 0.417 e. The molecular weight excluding hydrogens is 349 g/mol. The van der Waals surface area contributed by atoms with Crippen LogP contribution in [0.25, 0.3) is 11.4 Å². The van der Waals surface area contributed by atoms with Crippen LogP contribution in [0.3, 0.4) is 0 Å². The molecule has 1 N–H and O–H groups in total. The van der Waals surface area contributed by atoms with Gasteiger partial charge in [0.2, 0.25) is 4.77 Å². The maximum atomic E-state index is 13.1. The number of halogens is 3. The minimum atomic E-state index is -4.46. The van der Waals surface area contributed by atoms with Gasteiger partial charge in [0.15, 0.2) is 5.82 Å². The summed E-state index contributed by atoms with van der Waals surface area (Å²) in [5.41, 5.74) is 1.02. The molecule has 25 heavy (non-hydrogen) atoms. The third-order valence-electron chi connectivity index (χ3n) is 3.54. The summed E-state index contributed by atoms with van der Waals surface area (Å²) < 4.78 is 40.7. The Hall–Kier alpha value is -2.74. The van der Waals surface area contributed by atoms with Gasteiger partial charge < -0.3 is 0 Å². The van der Waals surface area contributed by atoms with E-state index in [9.17, 15) is 13.2 Å². The lowest BCUT2D eigenvalue weighted by molar-refractivity contribution is -0.137. The van der Waals surface area contributed by atoms with Crippen molar-refractivity contribution in [1.29, 1.82) is 0 Å². The van der Waals surface area contributed by atoms with Crippen LogP contribution in [0.15, 0.2) is 53.6 Å². The van der Waals surface area contributed by atoms with Gasteiger partial charge in [-0.15, -0.1) is 0 Å². The van der Waals surface area contributed by atoms with Crippen molar-refractivity contribution in [2.45, 2.75) is 13.1 Å². The minimum Gasteiger partial charge on any atom is -0.250 e. The molecule has 0 bridgehead atoms. The number of aromatic nitrogens is 3. The van der Waals surface area contributed by atoms with E-state index in [4.69, 9.17) is 12.2 Å². The van der Waals surface area contributed by atoms with Gasteiger partial charge >= 0.3 is 6.18 Å². The highest BCUT2D eigenvalue weighted by Gasteiger charge is 2.32. The van der Waals surface area contributed by atoms with Crippen molar-refractivity contribution in [2.75, 3.05) is 0 Å².